The van der Waals surface area contributed by atoms with Crippen molar-refractivity contribution in [3.05, 3.63) is 18.2 Å². The predicted molar refractivity (Wildman–Crippen MR) is 45.2 cm³/mol. The Bertz CT molecular complexity index is 491. The molecule has 0 bridgehead atoms. The number of phenols is 1. The molecule has 0 fully saturated rings. The van der Waals surface area contributed by atoms with Gasteiger partial charge in [0.2, 0.25) is 0 Å². The molecular formula is C8H6F3N3O. The van der Waals surface area contributed by atoms with Gasteiger partial charge in [-0.15, -0.1) is 5.10 Å². The normalized spacial score (nSPS) is 12.2. The molecule has 1 heterocycles. The second-order valence-electron chi connectivity index (χ2n) is 3.04. The highest BCUT2D eigenvalue weighted by Crippen LogP contribution is 2.22. The number of halogens is 3. The first-order valence-electron chi connectivity index (χ1n) is 4.05. The molecule has 0 aliphatic rings. The summed E-state index contributed by atoms with van der Waals surface area (Å²) in [4.78, 5) is 0. The molecule has 0 radical (unpaired) electrons. The molecule has 7 heteroatoms. The Morgan fingerprint density at radius 2 is 2.07 bits per heavy atom. The lowest BCUT2D eigenvalue weighted by molar-refractivity contribution is -0.142. The molecule has 0 saturated heterocycles. The van der Waals surface area contributed by atoms with E-state index in [1.165, 1.54) is 18.2 Å². The van der Waals surface area contributed by atoms with Gasteiger partial charge in [0.1, 0.15) is 17.8 Å². The van der Waals surface area contributed by atoms with Crippen molar-refractivity contribution in [3.63, 3.8) is 0 Å². The van der Waals surface area contributed by atoms with E-state index in [0.717, 1.165) is 0 Å². The van der Waals surface area contributed by atoms with Crippen LogP contribution < -0.4 is 0 Å². The monoisotopic (exact) mass is 217 g/mol. The van der Waals surface area contributed by atoms with E-state index in [-0.39, 0.29) is 11.3 Å². The van der Waals surface area contributed by atoms with Crippen molar-refractivity contribution in [1.82, 2.24) is 15.0 Å². The number of rotatable bonds is 1. The molecule has 0 unspecified atom stereocenters. The maximum Gasteiger partial charge on any atom is 0.408 e. The zero-order valence-electron chi connectivity index (χ0n) is 7.36. The van der Waals surface area contributed by atoms with Gasteiger partial charge in [-0.1, -0.05) is 5.21 Å². The van der Waals surface area contributed by atoms with E-state index in [1.807, 2.05) is 0 Å². The van der Waals surface area contributed by atoms with Gasteiger partial charge in [0.15, 0.2) is 0 Å². The molecule has 1 aromatic carbocycles. The van der Waals surface area contributed by atoms with Crippen LogP contribution in [0.15, 0.2) is 18.2 Å². The van der Waals surface area contributed by atoms with Gasteiger partial charge in [-0.2, -0.15) is 13.2 Å². The molecule has 15 heavy (non-hydrogen) atoms. The summed E-state index contributed by atoms with van der Waals surface area (Å²) in [6.07, 6.45) is -4.36. The molecule has 1 aromatic heterocycles. The van der Waals surface area contributed by atoms with Crippen molar-refractivity contribution in [2.45, 2.75) is 12.7 Å². The summed E-state index contributed by atoms with van der Waals surface area (Å²) in [5.41, 5.74) is 0.476. The summed E-state index contributed by atoms with van der Waals surface area (Å²) in [7, 11) is 0. The first kappa shape index (κ1) is 9.75. The topological polar surface area (TPSA) is 50.9 Å². The summed E-state index contributed by atoms with van der Waals surface area (Å²) in [5.74, 6) is -0.117. The predicted octanol–water partition coefficient (Wildman–Crippen LogP) is 1.70. The van der Waals surface area contributed by atoms with E-state index in [9.17, 15) is 13.2 Å². The minimum absolute atomic E-state index is 0.117. The Morgan fingerprint density at radius 3 is 2.73 bits per heavy atom. The quantitative estimate of drug-likeness (QED) is 0.790. The SMILES string of the molecule is Oc1ccc2nnn(CC(F)(F)F)c2c1. The molecule has 0 amide bonds. The van der Waals surface area contributed by atoms with Crippen molar-refractivity contribution in [1.29, 1.82) is 0 Å². The lowest BCUT2D eigenvalue weighted by Gasteiger charge is -2.05. The van der Waals surface area contributed by atoms with Crippen molar-refractivity contribution in [2.24, 2.45) is 0 Å². The van der Waals surface area contributed by atoms with Crippen LogP contribution in [0.5, 0.6) is 5.75 Å². The number of aromatic nitrogens is 3. The maximum absolute atomic E-state index is 12.1. The van der Waals surface area contributed by atoms with Gasteiger partial charge in [0.25, 0.3) is 0 Å². The van der Waals surface area contributed by atoms with Gasteiger partial charge in [0.05, 0.1) is 5.52 Å². The number of fused-ring (bicyclic) bond motifs is 1. The molecular weight excluding hydrogens is 211 g/mol. The number of hydrogen-bond acceptors (Lipinski definition) is 3. The Balaban J connectivity index is 2.48. The fourth-order valence-electron chi connectivity index (χ4n) is 1.24. The van der Waals surface area contributed by atoms with Crippen LogP contribution in [0.2, 0.25) is 0 Å². The summed E-state index contributed by atoms with van der Waals surface area (Å²) in [6.45, 7) is -1.22. The van der Waals surface area contributed by atoms with Crippen LogP contribution in [-0.2, 0) is 6.54 Å². The summed E-state index contributed by atoms with van der Waals surface area (Å²) >= 11 is 0. The van der Waals surface area contributed by atoms with Crippen LogP contribution in [0.25, 0.3) is 11.0 Å². The lowest BCUT2D eigenvalue weighted by Crippen LogP contribution is -2.18. The van der Waals surface area contributed by atoms with E-state index in [0.29, 0.717) is 10.2 Å². The average molecular weight is 217 g/mol. The smallest absolute Gasteiger partial charge is 0.408 e. The number of alkyl halides is 3. The van der Waals surface area contributed by atoms with E-state index < -0.39 is 12.7 Å². The van der Waals surface area contributed by atoms with Crippen molar-refractivity contribution < 1.29 is 18.3 Å². The number of nitrogens with zero attached hydrogens (tertiary/aromatic N) is 3. The van der Waals surface area contributed by atoms with Crippen molar-refractivity contribution in [2.75, 3.05) is 0 Å². The van der Waals surface area contributed by atoms with E-state index in [1.54, 1.807) is 0 Å². The van der Waals surface area contributed by atoms with Gasteiger partial charge in [0, 0.05) is 6.07 Å². The third-order valence-corrected chi connectivity index (χ3v) is 1.83. The van der Waals surface area contributed by atoms with Crippen LogP contribution in [0, 0.1) is 0 Å². The van der Waals surface area contributed by atoms with Crippen LogP contribution >= 0.6 is 0 Å². The van der Waals surface area contributed by atoms with Crippen LogP contribution in [0.3, 0.4) is 0 Å². The number of aromatic hydroxyl groups is 1. The van der Waals surface area contributed by atoms with Crippen LogP contribution in [-0.4, -0.2) is 26.3 Å². The Labute approximate surface area is 81.9 Å². The van der Waals surface area contributed by atoms with Crippen molar-refractivity contribution in [3.8, 4) is 5.75 Å². The average Bonchev–Trinajstić information content (AvgIpc) is 2.46. The summed E-state index contributed by atoms with van der Waals surface area (Å²) in [6, 6.07) is 3.94. The molecule has 4 nitrogen and oxygen atoms in total. The number of benzene rings is 1. The van der Waals surface area contributed by atoms with Crippen LogP contribution in [0.1, 0.15) is 0 Å². The molecule has 0 saturated carbocycles. The Kier molecular flexibility index (Phi) is 2.02. The van der Waals surface area contributed by atoms with Gasteiger partial charge >= 0.3 is 6.18 Å². The van der Waals surface area contributed by atoms with E-state index in [2.05, 4.69) is 10.3 Å². The zero-order chi connectivity index (χ0) is 11.1. The van der Waals surface area contributed by atoms with Gasteiger partial charge < -0.3 is 5.11 Å². The largest absolute Gasteiger partial charge is 0.508 e. The molecule has 2 rings (SSSR count). The van der Waals surface area contributed by atoms with E-state index in [4.69, 9.17) is 5.11 Å². The maximum atomic E-state index is 12.1. The minimum Gasteiger partial charge on any atom is -0.508 e. The van der Waals surface area contributed by atoms with Crippen LogP contribution in [0.4, 0.5) is 13.2 Å². The van der Waals surface area contributed by atoms with E-state index >= 15 is 0 Å². The zero-order valence-corrected chi connectivity index (χ0v) is 7.36. The standard InChI is InChI=1S/C8H6F3N3O/c9-8(10,11)4-14-7-3-5(15)1-2-6(7)12-13-14/h1-3,15H,4H2. The highest BCUT2D eigenvalue weighted by atomic mass is 19.4. The first-order chi connectivity index (χ1) is 6.96. The Hall–Kier alpha value is -1.79. The summed E-state index contributed by atoms with van der Waals surface area (Å²) in [5, 5.41) is 16.0. The third-order valence-electron chi connectivity index (χ3n) is 1.83. The molecule has 1 N–H and O–H groups in total. The molecule has 0 aliphatic carbocycles. The highest BCUT2D eigenvalue weighted by Gasteiger charge is 2.29. The van der Waals surface area contributed by atoms with Gasteiger partial charge in [-0.25, -0.2) is 4.68 Å². The molecule has 0 atom stereocenters. The lowest BCUT2D eigenvalue weighted by atomic mass is 10.3. The molecule has 0 aliphatic heterocycles. The molecule has 2 aromatic rings. The molecule has 80 valence electrons. The third kappa shape index (κ3) is 2.00. The fourth-order valence-corrected chi connectivity index (χ4v) is 1.24. The highest BCUT2D eigenvalue weighted by molar-refractivity contribution is 5.75. The van der Waals surface area contributed by atoms with Gasteiger partial charge in [-0.05, 0) is 12.1 Å². The molecule has 0 spiro atoms. The number of phenolic OH excluding ortho intramolecular Hbond substituents is 1. The summed E-state index contributed by atoms with van der Waals surface area (Å²) < 4.78 is 37.0. The second-order valence-corrected chi connectivity index (χ2v) is 3.04. The van der Waals surface area contributed by atoms with Gasteiger partial charge in [-0.3, -0.25) is 0 Å². The minimum atomic E-state index is -4.36. The number of hydrogen-bond donors (Lipinski definition) is 1. The first-order valence-corrected chi connectivity index (χ1v) is 4.05. The fraction of sp³-hybridized carbons (Fsp3) is 0.250. The van der Waals surface area contributed by atoms with Crippen molar-refractivity contribution >= 4 is 11.0 Å². The Morgan fingerprint density at radius 1 is 1.33 bits per heavy atom. The second kappa shape index (κ2) is 3.11.